The van der Waals surface area contributed by atoms with Crippen LogP contribution in [0.3, 0.4) is 0 Å². The van der Waals surface area contributed by atoms with Gasteiger partial charge in [0.1, 0.15) is 17.2 Å². The predicted molar refractivity (Wildman–Crippen MR) is 98.9 cm³/mol. The summed E-state index contributed by atoms with van der Waals surface area (Å²) in [5, 5.41) is 10.2. The van der Waals surface area contributed by atoms with Crippen molar-refractivity contribution < 1.29 is 9.84 Å². The fourth-order valence-electron chi connectivity index (χ4n) is 6.14. The maximum Gasteiger partial charge on any atom is 0.142 e. The molecule has 0 amide bonds. The number of hydrogen-bond donors (Lipinski definition) is 2. The van der Waals surface area contributed by atoms with Crippen molar-refractivity contribution in [3.05, 3.63) is 48.0 Å². The van der Waals surface area contributed by atoms with Gasteiger partial charge in [0, 0.05) is 11.6 Å². The molecule has 0 aliphatic heterocycles. The van der Waals surface area contributed by atoms with Crippen molar-refractivity contribution in [2.75, 3.05) is 5.73 Å². The van der Waals surface area contributed by atoms with E-state index < -0.39 is 0 Å². The van der Waals surface area contributed by atoms with Gasteiger partial charge in [0.15, 0.2) is 0 Å². The highest BCUT2D eigenvalue weighted by atomic mass is 16.5. The normalized spacial score (nSPS) is 32.7. The Hall–Kier alpha value is -2.16. The van der Waals surface area contributed by atoms with Crippen molar-refractivity contribution in [1.29, 1.82) is 0 Å². The molecule has 4 bridgehead atoms. The molecule has 0 atom stereocenters. The molecule has 2 aromatic carbocycles. The Bertz CT molecular complexity index is 764. The predicted octanol–water partition coefficient (Wildman–Crippen LogP) is 5.23. The van der Waals surface area contributed by atoms with Crippen LogP contribution < -0.4 is 10.5 Å². The summed E-state index contributed by atoms with van der Waals surface area (Å²) < 4.78 is 6.22. The molecular weight excluding hydrogens is 310 g/mol. The van der Waals surface area contributed by atoms with Gasteiger partial charge < -0.3 is 15.6 Å². The second-order valence-electron chi connectivity index (χ2n) is 8.52. The molecule has 0 spiro atoms. The van der Waals surface area contributed by atoms with Crippen LogP contribution in [0, 0.1) is 17.8 Å². The van der Waals surface area contributed by atoms with Crippen LogP contribution in [0.1, 0.15) is 44.1 Å². The average Bonchev–Trinajstić information content (AvgIpc) is 2.57. The molecule has 2 aromatic rings. The maximum absolute atomic E-state index is 10.2. The molecule has 0 unspecified atom stereocenters. The molecule has 3 heteroatoms. The lowest BCUT2D eigenvalue weighted by atomic mass is 9.48. The molecule has 3 N–H and O–H groups in total. The molecule has 0 aromatic heterocycles. The fraction of sp³-hybridized carbons (Fsp3) is 0.455. The quantitative estimate of drug-likeness (QED) is 0.596. The molecule has 0 heterocycles. The van der Waals surface area contributed by atoms with Crippen molar-refractivity contribution in [1.82, 2.24) is 0 Å². The molecule has 6 rings (SSSR count). The highest BCUT2D eigenvalue weighted by Gasteiger charge is 2.52. The summed E-state index contributed by atoms with van der Waals surface area (Å²) in [5.41, 5.74) is 7.96. The first-order chi connectivity index (χ1) is 12.1. The van der Waals surface area contributed by atoms with E-state index in [4.69, 9.17) is 10.5 Å². The van der Waals surface area contributed by atoms with Crippen LogP contribution in [0.15, 0.2) is 42.5 Å². The second-order valence-corrected chi connectivity index (χ2v) is 8.52. The minimum absolute atomic E-state index is 0.111. The zero-order valence-electron chi connectivity index (χ0n) is 14.4. The zero-order valence-corrected chi connectivity index (χ0v) is 14.4. The lowest BCUT2D eigenvalue weighted by molar-refractivity contribution is -0.00597. The van der Waals surface area contributed by atoms with Crippen LogP contribution in [0.4, 0.5) is 5.69 Å². The van der Waals surface area contributed by atoms with Crippen molar-refractivity contribution >= 4 is 5.69 Å². The van der Waals surface area contributed by atoms with E-state index in [-0.39, 0.29) is 11.2 Å². The first-order valence-electron chi connectivity index (χ1n) is 9.47. The maximum atomic E-state index is 10.2. The highest BCUT2D eigenvalue weighted by molar-refractivity contribution is 5.61. The van der Waals surface area contributed by atoms with Gasteiger partial charge in [-0.1, -0.05) is 18.2 Å². The molecule has 0 radical (unpaired) electrons. The van der Waals surface area contributed by atoms with Gasteiger partial charge in [-0.25, -0.2) is 0 Å². The lowest BCUT2D eigenvalue weighted by Crippen LogP contribution is -2.48. The lowest BCUT2D eigenvalue weighted by Gasteiger charge is -2.57. The Morgan fingerprint density at radius 3 is 2.12 bits per heavy atom. The standard InChI is InChI=1S/C22H25NO2/c23-19-9-18(21(10-20(19)24)25-17-4-2-1-3-5-17)22-11-14-6-15(12-22)8-16(7-14)13-22/h1-5,9-10,14-16,24H,6-8,11-13,23H2. The number of nitrogens with two attached hydrogens (primary N) is 1. The molecule has 3 nitrogen and oxygen atoms in total. The monoisotopic (exact) mass is 335 g/mol. The van der Waals surface area contributed by atoms with Crippen LogP contribution in [0.5, 0.6) is 17.2 Å². The van der Waals surface area contributed by atoms with E-state index in [0.29, 0.717) is 5.69 Å². The molecule has 4 saturated carbocycles. The largest absolute Gasteiger partial charge is 0.506 e. The Balaban J connectivity index is 1.59. The Morgan fingerprint density at radius 1 is 0.920 bits per heavy atom. The summed E-state index contributed by atoms with van der Waals surface area (Å²) in [7, 11) is 0. The van der Waals surface area contributed by atoms with Gasteiger partial charge in [-0.2, -0.15) is 0 Å². The topological polar surface area (TPSA) is 55.5 Å². The minimum Gasteiger partial charge on any atom is -0.506 e. The average molecular weight is 335 g/mol. The fourth-order valence-corrected chi connectivity index (χ4v) is 6.14. The molecule has 0 saturated heterocycles. The number of aromatic hydroxyl groups is 1. The van der Waals surface area contributed by atoms with E-state index in [1.54, 1.807) is 6.07 Å². The van der Waals surface area contributed by atoms with Crippen molar-refractivity contribution in [2.24, 2.45) is 17.8 Å². The van der Waals surface area contributed by atoms with Gasteiger partial charge in [-0.15, -0.1) is 0 Å². The molecule has 4 fully saturated rings. The smallest absolute Gasteiger partial charge is 0.142 e. The molecule has 130 valence electrons. The van der Waals surface area contributed by atoms with Gasteiger partial charge >= 0.3 is 0 Å². The number of ether oxygens (including phenoxy) is 1. The molecule has 25 heavy (non-hydrogen) atoms. The van der Waals surface area contributed by atoms with E-state index in [1.807, 2.05) is 36.4 Å². The number of para-hydroxylation sites is 1. The summed E-state index contributed by atoms with van der Waals surface area (Å²) >= 11 is 0. The third kappa shape index (κ3) is 2.48. The number of phenols is 1. The third-order valence-electron chi connectivity index (χ3n) is 6.71. The van der Waals surface area contributed by atoms with Crippen LogP contribution in [-0.4, -0.2) is 5.11 Å². The van der Waals surface area contributed by atoms with Crippen LogP contribution in [0.25, 0.3) is 0 Å². The first kappa shape index (κ1) is 15.1. The third-order valence-corrected chi connectivity index (χ3v) is 6.71. The van der Waals surface area contributed by atoms with E-state index in [1.165, 1.54) is 44.1 Å². The number of anilines is 1. The SMILES string of the molecule is Nc1cc(C23CC4CC(CC(C4)C2)C3)c(Oc2ccccc2)cc1O. The number of hydrogen-bond acceptors (Lipinski definition) is 3. The van der Waals surface area contributed by atoms with Gasteiger partial charge in [0.2, 0.25) is 0 Å². The van der Waals surface area contributed by atoms with Crippen molar-refractivity contribution in [2.45, 2.75) is 43.9 Å². The number of rotatable bonds is 3. The van der Waals surface area contributed by atoms with Crippen molar-refractivity contribution in [3.8, 4) is 17.2 Å². The number of nitrogen functional groups attached to an aromatic ring is 1. The summed E-state index contributed by atoms with van der Waals surface area (Å²) in [6.07, 6.45) is 7.95. The summed E-state index contributed by atoms with van der Waals surface area (Å²) in [6, 6.07) is 13.5. The van der Waals surface area contributed by atoms with Crippen LogP contribution >= 0.6 is 0 Å². The zero-order chi connectivity index (χ0) is 17.0. The highest BCUT2D eigenvalue weighted by Crippen LogP contribution is 2.62. The number of phenolic OH excluding ortho intramolecular Hbond substituents is 1. The second kappa shape index (κ2) is 5.42. The Labute approximate surface area is 148 Å². The minimum atomic E-state index is 0.111. The van der Waals surface area contributed by atoms with Gasteiger partial charge in [-0.3, -0.25) is 0 Å². The first-order valence-corrected chi connectivity index (χ1v) is 9.47. The summed E-state index contributed by atoms with van der Waals surface area (Å²) in [5.74, 6) is 4.25. The van der Waals surface area contributed by atoms with E-state index in [0.717, 1.165) is 29.3 Å². The Morgan fingerprint density at radius 2 is 1.52 bits per heavy atom. The van der Waals surface area contributed by atoms with Gasteiger partial charge in [0.05, 0.1) is 5.69 Å². The number of benzene rings is 2. The van der Waals surface area contributed by atoms with Crippen LogP contribution in [-0.2, 0) is 5.41 Å². The van der Waals surface area contributed by atoms with Gasteiger partial charge in [0.25, 0.3) is 0 Å². The van der Waals surface area contributed by atoms with Crippen LogP contribution in [0.2, 0.25) is 0 Å². The van der Waals surface area contributed by atoms with Crippen molar-refractivity contribution in [3.63, 3.8) is 0 Å². The van der Waals surface area contributed by atoms with E-state index in [9.17, 15) is 5.11 Å². The van der Waals surface area contributed by atoms with Gasteiger partial charge in [-0.05, 0) is 79.9 Å². The molecule has 4 aliphatic carbocycles. The molecule has 4 aliphatic rings. The Kier molecular flexibility index (Phi) is 3.28. The summed E-state index contributed by atoms with van der Waals surface area (Å²) in [6.45, 7) is 0. The van der Waals surface area contributed by atoms with E-state index >= 15 is 0 Å². The van der Waals surface area contributed by atoms with E-state index in [2.05, 4.69) is 0 Å². The molecular formula is C22H25NO2. The summed E-state index contributed by atoms with van der Waals surface area (Å²) in [4.78, 5) is 0.